The predicted octanol–water partition coefficient (Wildman–Crippen LogP) is 5.13. The van der Waals surface area contributed by atoms with Crippen LogP contribution in [0.1, 0.15) is 16.9 Å². The van der Waals surface area contributed by atoms with Crippen LogP contribution in [-0.4, -0.2) is 34.4 Å². The van der Waals surface area contributed by atoms with Crippen LogP contribution in [0.15, 0.2) is 67.0 Å². The summed E-state index contributed by atoms with van der Waals surface area (Å²) in [5.41, 5.74) is 3.43. The molecule has 0 aliphatic rings. The quantitative estimate of drug-likeness (QED) is 0.454. The monoisotopic (exact) mass is 416 g/mol. The summed E-state index contributed by atoms with van der Waals surface area (Å²) in [6, 6.07) is 20.3. The fraction of sp³-hybridized carbons (Fsp3) is 0.208. The lowest BCUT2D eigenvalue weighted by molar-refractivity contribution is -0.130. The van der Waals surface area contributed by atoms with Gasteiger partial charge in [-0.15, -0.1) is 11.3 Å². The molecule has 0 fully saturated rings. The van der Waals surface area contributed by atoms with E-state index in [0.717, 1.165) is 32.7 Å². The van der Waals surface area contributed by atoms with Gasteiger partial charge in [-0.3, -0.25) is 4.79 Å². The van der Waals surface area contributed by atoms with Crippen LogP contribution in [0.3, 0.4) is 0 Å². The number of amides is 1. The number of nitrogens with one attached hydrogen (secondary N) is 1. The Morgan fingerprint density at radius 1 is 1.03 bits per heavy atom. The van der Waals surface area contributed by atoms with E-state index in [0.29, 0.717) is 19.5 Å². The molecule has 152 valence electrons. The van der Waals surface area contributed by atoms with Crippen LogP contribution in [0.5, 0.6) is 0 Å². The van der Waals surface area contributed by atoms with E-state index in [2.05, 4.69) is 34.3 Å². The molecule has 1 amide bonds. The van der Waals surface area contributed by atoms with Crippen molar-refractivity contribution in [3.8, 4) is 11.1 Å². The molecule has 30 heavy (non-hydrogen) atoms. The summed E-state index contributed by atoms with van der Waals surface area (Å²) < 4.78 is 0. The molecule has 1 N–H and O–H groups in total. The Kier molecular flexibility index (Phi) is 6.05. The molecule has 6 heteroatoms. The first-order valence-electron chi connectivity index (χ1n) is 9.95. The van der Waals surface area contributed by atoms with Crippen LogP contribution in [0.25, 0.3) is 21.3 Å². The average molecular weight is 417 g/mol. The number of rotatable bonds is 7. The fourth-order valence-electron chi connectivity index (χ4n) is 3.55. The molecule has 0 atom stereocenters. The number of aromatic nitrogens is 2. The SMILES string of the molecule is Cc1sc2ncnc(NCCC(=O)N(C)Cc3ccccc3)c2c1-c1ccccc1. The molecular formula is C24H24N4OS. The Hall–Kier alpha value is -3.25. The van der Waals surface area contributed by atoms with E-state index in [1.165, 1.54) is 4.88 Å². The lowest BCUT2D eigenvalue weighted by Gasteiger charge is -2.17. The van der Waals surface area contributed by atoms with Crippen molar-refractivity contribution in [3.05, 3.63) is 77.4 Å². The maximum Gasteiger partial charge on any atom is 0.224 e. The van der Waals surface area contributed by atoms with Crippen molar-refractivity contribution in [2.24, 2.45) is 0 Å². The number of carbonyl (C=O) groups is 1. The summed E-state index contributed by atoms with van der Waals surface area (Å²) in [7, 11) is 1.84. The minimum Gasteiger partial charge on any atom is -0.369 e. The third-order valence-corrected chi connectivity index (χ3v) is 6.06. The smallest absolute Gasteiger partial charge is 0.224 e. The standard InChI is InChI=1S/C24H24N4OS/c1-17-21(19-11-7-4-8-12-19)22-23(26-16-27-24(22)30-17)25-14-13-20(29)28(2)15-18-9-5-3-6-10-18/h3-12,16H,13-15H2,1-2H3,(H,25,26,27). The first-order valence-corrected chi connectivity index (χ1v) is 10.8. The van der Waals surface area contributed by atoms with E-state index >= 15 is 0 Å². The molecule has 4 rings (SSSR count). The number of carbonyl (C=O) groups excluding carboxylic acids is 1. The number of nitrogens with zero attached hydrogens (tertiary/aromatic N) is 3. The first-order chi connectivity index (χ1) is 14.6. The number of hydrogen-bond acceptors (Lipinski definition) is 5. The van der Waals surface area contributed by atoms with Gasteiger partial charge in [0, 0.05) is 37.0 Å². The summed E-state index contributed by atoms with van der Waals surface area (Å²) in [6.45, 7) is 3.24. The lowest BCUT2D eigenvalue weighted by Crippen LogP contribution is -2.27. The highest BCUT2D eigenvalue weighted by molar-refractivity contribution is 7.19. The normalized spacial score (nSPS) is 10.9. The van der Waals surface area contributed by atoms with Crippen molar-refractivity contribution < 1.29 is 4.79 Å². The van der Waals surface area contributed by atoms with Gasteiger partial charge in [-0.25, -0.2) is 9.97 Å². The van der Waals surface area contributed by atoms with E-state index < -0.39 is 0 Å². The third kappa shape index (κ3) is 4.33. The van der Waals surface area contributed by atoms with E-state index in [1.54, 1.807) is 22.6 Å². The minimum absolute atomic E-state index is 0.0986. The van der Waals surface area contributed by atoms with Crippen LogP contribution in [0.4, 0.5) is 5.82 Å². The highest BCUT2D eigenvalue weighted by Gasteiger charge is 2.17. The largest absolute Gasteiger partial charge is 0.369 e. The second kappa shape index (κ2) is 9.05. The number of benzene rings is 2. The Bertz CT molecular complexity index is 1140. The highest BCUT2D eigenvalue weighted by Crippen LogP contribution is 2.40. The number of aryl methyl sites for hydroxylation is 1. The van der Waals surface area contributed by atoms with Crippen LogP contribution in [0.2, 0.25) is 0 Å². The van der Waals surface area contributed by atoms with Crippen LogP contribution in [-0.2, 0) is 11.3 Å². The molecule has 2 heterocycles. The van der Waals surface area contributed by atoms with Gasteiger partial charge >= 0.3 is 0 Å². The molecule has 0 saturated carbocycles. The molecular weight excluding hydrogens is 392 g/mol. The van der Waals surface area contributed by atoms with Gasteiger partial charge in [0.2, 0.25) is 5.91 Å². The van der Waals surface area contributed by atoms with Gasteiger partial charge in [0.05, 0.1) is 5.39 Å². The fourth-order valence-corrected chi connectivity index (χ4v) is 4.57. The van der Waals surface area contributed by atoms with Gasteiger partial charge in [0.25, 0.3) is 0 Å². The second-order valence-electron chi connectivity index (χ2n) is 7.21. The summed E-state index contributed by atoms with van der Waals surface area (Å²) in [4.78, 5) is 25.4. The Morgan fingerprint density at radius 2 is 1.73 bits per heavy atom. The zero-order valence-corrected chi connectivity index (χ0v) is 17.9. The maximum absolute atomic E-state index is 12.5. The summed E-state index contributed by atoms with van der Waals surface area (Å²) >= 11 is 1.67. The van der Waals surface area contributed by atoms with Gasteiger partial charge in [0.15, 0.2) is 0 Å². The molecule has 0 unspecified atom stereocenters. The third-order valence-electron chi connectivity index (χ3n) is 5.05. The van der Waals surface area contributed by atoms with E-state index in [1.807, 2.05) is 55.6 Å². The molecule has 0 aliphatic heterocycles. The minimum atomic E-state index is 0.0986. The van der Waals surface area contributed by atoms with Crippen LogP contribution < -0.4 is 5.32 Å². The van der Waals surface area contributed by atoms with Gasteiger partial charge in [-0.1, -0.05) is 60.7 Å². The highest BCUT2D eigenvalue weighted by atomic mass is 32.1. The van der Waals surface area contributed by atoms with Crippen LogP contribution in [0, 0.1) is 6.92 Å². The topological polar surface area (TPSA) is 58.1 Å². The molecule has 0 radical (unpaired) electrons. The van der Waals surface area contributed by atoms with Crippen molar-refractivity contribution in [3.63, 3.8) is 0 Å². The zero-order valence-electron chi connectivity index (χ0n) is 17.1. The van der Waals surface area contributed by atoms with E-state index in [4.69, 9.17) is 0 Å². The van der Waals surface area contributed by atoms with Gasteiger partial charge in [-0.05, 0) is 18.1 Å². The molecule has 2 aromatic heterocycles. The number of fused-ring (bicyclic) bond motifs is 1. The Morgan fingerprint density at radius 3 is 2.47 bits per heavy atom. The zero-order chi connectivity index (χ0) is 20.9. The number of anilines is 1. The van der Waals surface area contributed by atoms with Crippen LogP contribution >= 0.6 is 11.3 Å². The van der Waals surface area contributed by atoms with Crippen molar-refractivity contribution in [2.75, 3.05) is 18.9 Å². The average Bonchev–Trinajstić information content (AvgIpc) is 3.11. The van der Waals surface area contributed by atoms with Crippen molar-refractivity contribution in [2.45, 2.75) is 19.9 Å². The Balaban J connectivity index is 1.47. The number of thiophene rings is 1. The molecule has 2 aromatic carbocycles. The molecule has 5 nitrogen and oxygen atoms in total. The van der Waals surface area contributed by atoms with Crippen molar-refractivity contribution in [1.29, 1.82) is 0 Å². The molecule has 0 saturated heterocycles. The molecule has 0 aliphatic carbocycles. The first kappa shape index (κ1) is 20.0. The van der Waals surface area contributed by atoms with E-state index in [9.17, 15) is 4.79 Å². The molecule has 4 aromatic rings. The van der Waals surface area contributed by atoms with Gasteiger partial charge in [-0.2, -0.15) is 0 Å². The predicted molar refractivity (Wildman–Crippen MR) is 124 cm³/mol. The van der Waals surface area contributed by atoms with Crippen molar-refractivity contribution in [1.82, 2.24) is 14.9 Å². The summed E-state index contributed by atoms with van der Waals surface area (Å²) in [5, 5.41) is 4.39. The lowest BCUT2D eigenvalue weighted by atomic mass is 10.0. The van der Waals surface area contributed by atoms with Crippen molar-refractivity contribution >= 4 is 33.3 Å². The summed E-state index contributed by atoms with van der Waals surface area (Å²) in [6.07, 6.45) is 1.98. The van der Waals surface area contributed by atoms with E-state index in [-0.39, 0.29) is 5.91 Å². The van der Waals surface area contributed by atoms with Gasteiger partial charge < -0.3 is 10.2 Å². The van der Waals surface area contributed by atoms with Gasteiger partial charge in [0.1, 0.15) is 17.0 Å². The second-order valence-corrected chi connectivity index (χ2v) is 8.42. The maximum atomic E-state index is 12.5. The Labute approximate surface area is 180 Å². The number of hydrogen-bond donors (Lipinski definition) is 1. The molecule has 0 spiro atoms. The molecule has 0 bridgehead atoms. The summed E-state index contributed by atoms with van der Waals surface area (Å²) in [5.74, 6) is 0.878.